The zero-order valence-corrected chi connectivity index (χ0v) is 9.76. The van der Waals surface area contributed by atoms with Gasteiger partial charge in [0.15, 0.2) is 5.82 Å². The fraction of sp³-hybridized carbons (Fsp3) is 0.667. The summed E-state index contributed by atoms with van der Waals surface area (Å²) in [6.07, 6.45) is 6.87. The van der Waals surface area contributed by atoms with E-state index in [2.05, 4.69) is 30.7 Å². The third-order valence-corrected chi connectivity index (χ3v) is 3.02. The molecule has 1 atom stereocenters. The van der Waals surface area contributed by atoms with Crippen LogP contribution in [-0.2, 0) is 5.41 Å². The molecule has 3 heteroatoms. The summed E-state index contributed by atoms with van der Waals surface area (Å²) in [6.45, 7) is 6.44. The molecule has 0 bridgehead atoms. The molecule has 0 aliphatic rings. The summed E-state index contributed by atoms with van der Waals surface area (Å²) in [4.78, 5) is 8.18. The van der Waals surface area contributed by atoms with Gasteiger partial charge in [0, 0.05) is 5.41 Å². The molecular weight excluding hydrogens is 191 g/mol. The fourth-order valence-electron chi connectivity index (χ4n) is 1.64. The topological polar surface area (TPSA) is 25.8 Å². The van der Waals surface area contributed by atoms with Crippen LogP contribution in [0.1, 0.15) is 52.3 Å². The molecule has 1 aromatic heterocycles. The highest BCUT2D eigenvalue weighted by Gasteiger charge is 2.26. The molecule has 0 radical (unpaired) electrons. The molecule has 1 aromatic rings. The molecule has 1 unspecified atom stereocenters. The Morgan fingerprint density at radius 3 is 2.33 bits per heavy atom. The largest absolute Gasteiger partial charge is 0.238 e. The average Bonchev–Trinajstić information content (AvgIpc) is 2.27. The predicted molar refractivity (Wildman–Crippen MR) is 59.2 cm³/mol. The van der Waals surface area contributed by atoms with Crippen LogP contribution in [0.2, 0.25) is 0 Å². The number of nitrogens with zero attached hydrogens (tertiary/aromatic N) is 2. The zero-order chi connectivity index (χ0) is 11.3. The fourth-order valence-corrected chi connectivity index (χ4v) is 1.64. The minimum atomic E-state index is -0.368. The van der Waals surface area contributed by atoms with E-state index in [-0.39, 0.29) is 11.2 Å². The lowest BCUT2D eigenvalue weighted by molar-refractivity contribution is 0.378. The van der Waals surface area contributed by atoms with E-state index in [0.717, 1.165) is 31.5 Å². The first-order valence-corrected chi connectivity index (χ1v) is 5.60. The molecule has 0 N–H and O–H groups in total. The number of rotatable bonds is 5. The predicted octanol–water partition coefficient (Wildman–Crippen LogP) is 3.47. The molecule has 0 saturated heterocycles. The van der Waals surface area contributed by atoms with E-state index >= 15 is 0 Å². The van der Waals surface area contributed by atoms with Crippen LogP contribution in [0.5, 0.6) is 0 Å². The van der Waals surface area contributed by atoms with E-state index in [1.54, 1.807) is 0 Å². The highest BCUT2D eigenvalue weighted by Crippen LogP contribution is 2.30. The van der Waals surface area contributed by atoms with Crippen molar-refractivity contribution in [2.45, 2.75) is 51.9 Å². The van der Waals surface area contributed by atoms with Gasteiger partial charge in [-0.1, -0.05) is 33.6 Å². The van der Waals surface area contributed by atoms with Crippen molar-refractivity contribution in [3.8, 4) is 0 Å². The van der Waals surface area contributed by atoms with Gasteiger partial charge < -0.3 is 0 Å². The Kier molecular flexibility index (Phi) is 4.18. The monoisotopic (exact) mass is 210 g/mol. The molecule has 1 heterocycles. The van der Waals surface area contributed by atoms with Gasteiger partial charge in [-0.3, -0.25) is 0 Å². The lowest BCUT2D eigenvalue weighted by Crippen LogP contribution is -2.24. The zero-order valence-electron chi connectivity index (χ0n) is 9.76. The molecule has 1 rings (SSSR count). The van der Waals surface area contributed by atoms with Crippen LogP contribution in [0.4, 0.5) is 4.39 Å². The summed E-state index contributed by atoms with van der Waals surface area (Å²) in [6, 6.07) is 0. The first-order valence-electron chi connectivity index (χ1n) is 5.60. The van der Waals surface area contributed by atoms with Gasteiger partial charge in [-0.05, 0) is 12.8 Å². The number of aromatic nitrogens is 2. The van der Waals surface area contributed by atoms with Gasteiger partial charge in [-0.2, -0.15) is 0 Å². The van der Waals surface area contributed by atoms with E-state index in [1.165, 1.54) is 12.4 Å². The van der Waals surface area contributed by atoms with Crippen LogP contribution in [0.15, 0.2) is 12.4 Å². The number of unbranched alkanes of at least 4 members (excludes halogenated alkanes) is 1. The second-order valence-electron chi connectivity index (χ2n) is 4.24. The van der Waals surface area contributed by atoms with Crippen LogP contribution in [0.25, 0.3) is 0 Å². The van der Waals surface area contributed by atoms with Gasteiger partial charge in [0.2, 0.25) is 0 Å². The second kappa shape index (κ2) is 5.19. The van der Waals surface area contributed by atoms with Crippen molar-refractivity contribution in [2.24, 2.45) is 0 Å². The van der Waals surface area contributed by atoms with E-state index < -0.39 is 0 Å². The SMILES string of the molecule is CCCCC(C)(CC)c1ncc(F)cn1. The van der Waals surface area contributed by atoms with Crippen LogP contribution in [-0.4, -0.2) is 9.97 Å². The maximum absolute atomic E-state index is 12.7. The minimum Gasteiger partial charge on any atom is -0.238 e. The van der Waals surface area contributed by atoms with Crippen molar-refractivity contribution in [1.82, 2.24) is 9.97 Å². The summed E-state index contributed by atoms with van der Waals surface area (Å²) < 4.78 is 12.7. The summed E-state index contributed by atoms with van der Waals surface area (Å²) in [5.41, 5.74) is -0.0102. The second-order valence-corrected chi connectivity index (χ2v) is 4.24. The quantitative estimate of drug-likeness (QED) is 0.743. The molecule has 2 nitrogen and oxygen atoms in total. The van der Waals surface area contributed by atoms with Crippen molar-refractivity contribution in [3.05, 3.63) is 24.0 Å². The summed E-state index contributed by atoms with van der Waals surface area (Å²) in [5.74, 6) is 0.396. The standard InChI is InChI=1S/C12H19FN2/c1-4-6-7-12(3,5-2)11-14-8-10(13)9-15-11/h8-9H,4-7H2,1-3H3. The van der Waals surface area contributed by atoms with E-state index in [1.807, 2.05) is 0 Å². The Bertz CT molecular complexity index is 297. The minimum absolute atomic E-state index is 0.0102. The summed E-state index contributed by atoms with van der Waals surface area (Å²) in [5, 5.41) is 0. The van der Waals surface area contributed by atoms with Crippen molar-refractivity contribution < 1.29 is 4.39 Å². The van der Waals surface area contributed by atoms with Gasteiger partial charge in [0.1, 0.15) is 5.82 Å². The Hall–Kier alpha value is -0.990. The Morgan fingerprint density at radius 2 is 1.87 bits per heavy atom. The van der Waals surface area contributed by atoms with Gasteiger partial charge in [-0.15, -0.1) is 0 Å². The molecule has 0 saturated carbocycles. The van der Waals surface area contributed by atoms with Crippen molar-refractivity contribution in [3.63, 3.8) is 0 Å². The molecular formula is C12H19FN2. The normalized spacial score (nSPS) is 14.9. The van der Waals surface area contributed by atoms with E-state index in [9.17, 15) is 4.39 Å². The molecule has 0 aliphatic carbocycles. The summed E-state index contributed by atoms with van der Waals surface area (Å²) >= 11 is 0. The van der Waals surface area contributed by atoms with Crippen LogP contribution in [0, 0.1) is 5.82 Å². The molecule has 0 spiro atoms. The highest BCUT2D eigenvalue weighted by atomic mass is 19.1. The lowest BCUT2D eigenvalue weighted by Gasteiger charge is -2.26. The third-order valence-electron chi connectivity index (χ3n) is 3.02. The van der Waals surface area contributed by atoms with Gasteiger partial charge >= 0.3 is 0 Å². The maximum Gasteiger partial charge on any atom is 0.159 e. The Labute approximate surface area is 91.0 Å². The average molecular weight is 210 g/mol. The van der Waals surface area contributed by atoms with Crippen molar-refractivity contribution in [2.75, 3.05) is 0 Å². The molecule has 0 fully saturated rings. The van der Waals surface area contributed by atoms with Crippen LogP contribution >= 0.6 is 0 Å². The molecule has 84 valence electrons. The van der Waals surface area contributed by atoms with Gasteiger partial charge in [-0.25, -0.2) is 14.4 Å². The van der Waals surface area contributed by atoms with Gasteiger partial charge in [0.25, 0.3) is 0 Å². The van der Waals surface area contributed by atoms with E-state index in [4.69, 9.17) is 0 Å². The van der Waals surface area contributed by atoms with Gasteiger partial charge in [0.05, 0.1) is 12.4 Å². The first-order chi connectivity index (χ1) is 7.12. The molecule has 0 aliphatic heterocycles. The number of hydrogen-bond acceptors (Lipinski definition) is 2. The maximum atomic E-state index is 12.7. The summed E-state index contributed by atoms with van der Waals surface area (Å²) in [7, 11) is 0. The van der Waals surface area contributed by atoms with Crippen LogP contribution in [0.3, 0.4) is 0 Å². The van der Waals surface area contributed by atoms with Crippen LogP contribution < -0.4 is 0 Å². The number of halogens is 1. The lowest BCUT2D eigenvalue weighted by atomic mass is 9.81. The van der Waals surface area contributed by atoms with Crippen molar-refractivity contribution in [1.29, 1.82) is 0 Å². The molecule has 0 amide bonds. The molecule has 15 heavy (non-hydrogen) atoms. The molecule has 0 aromatic carbocycles. The Balaban J connectivity index is 2.85. The smallest absolute Gasteiger partial charge is 0.159 e. The number of hydrogen-bond donors (Lipinski definition) is 0. The third kappa shape index (κ3) is 2.98. The van der Waals surface area contributed by atoms with Crippen molar-refractivity contribution >= 4 is 0 Å². The Morgan fingerprint density at radius 1 is 1.27 bits per heavy atom. The first kappa shape index (κ1) is 12.1. The highest BCUT2D eigenvalue weighted by molar-refractivity contribution is 5.05. The van der Waals surface area contributed by atoms with E-state index in [0.29, 0.717) is 0 Å².